The Labute approximate surface area is 216 Å². The first-order chi connectivity index (χ1) is 16.6. The summed E-state index contributed by atoms with van der Waals surface area (Å²) >= 11 is 7.44. The minimum atomic E-state index is -3.83. The van der Waals surface area contributed by atoms with E-state index in [9.17, 15) is 13.2 Å². The number of aromatic nitrogens is 1. The topological polar surface area (TPSA) is 73.8 Å². The Morgan fingerprint density at radius 2 is 1.86 bits per heavy atom. The zero-order valence-electron chi connectivity index (χ0n) is 20.5. The third-order valence-electron chi connectivity index (χ3n) is 6.47. The van der Waals surface area contributed by atoms with Crippen molar-refractivity contribution in [1.29, 1.82) is 0 Å². The second kappa shape index (κ2) is 10.5. The van der Waals surface area contributed by atoms with E-state index in [2.05, 4.69) is 11.0 Å². The fraction of sp³-hybridized carbons (Fsp3) is 0.440. The fourth-order valence-corrected chi connectivity index (χ4v) is 7.20. The van der Waals surface area contributed by atoms with Crippen molar-refractivity contribution in [2.45, 2.75) is 44.0 Å². The highest BCUT2D eigenvalue weighted by atomic mass is 35.5. The van der Waals surface area contributed by atoms with Crippen LogP contribution in [0.5, 0.6) is 0 Å². The molecular weight excluding hydrogens is 504 g/mol. The Kier molecular flexibility index (Phi) is 7.83. The maximum atomic E-state index is 13.9. The lowest BCUT2D eigenvalue weighted by Crippen LogP contribution is -2.48. The standard InChI is InChI=1S/C25H31ClN4O3S2/c1-17-8-13-22-23(18(17)2)27-25(34-22)29(15-6-14-28(3)4)24(31)21-7-5-16-30(21)35(32,33)20-11-9-19(26)10-12-20/h8-13,21H,5-7,14-16H2,1-4H3. The summed E-state index contributed by atoms with van der Waals surface area (Å²) in [6.07, 6.45) is 1.87. The quantitative estimate of drug-likeness (QED) is 0.418. The summed E-state index contributed by atoms with van der Waals surface area (Å²) in [7, 11) is 0.153. The average Bonchev–Trinajstić information content (AvgIpc) is 3.47. The molecule has 1 atom stereocenters. The van der Waals surface area contributed by atoms with Gasteiger partial charge in [0.1, 0.15) is 6.04 Å². The number of carbonyl (C=O) groups excluding carboxylic acids is 1. The van der Waals surface area contributed by atoms with Gasteiger partial charge >= 0.3 is 0 Å². The summed E-state index contributed by atoms with van der Waals surface area (Å²) < 4.78 is 29.2. The summed E-state index contributed by atoms with van der Waals surface area (Å²) in [4.78, 5) is 22.7. The van der Waals surface area contributed by atoms with Crippen molar-refractivity contribution in [2.75, 3.05) is 38.6 Å². The third kappa shape index (κ3) is 5.39. The third-order valence-corrected chi connectivity index (χ3v) is 9.68. The SMILES string of the molecule is Cc1ccc2sc(N(CCCN(C)C)C(=O)C3CCCN3S(=O)(=O)c3ccc(Cl)cc3)nc2c1C. The molecule has 1 amide bonds. The van der Waals surface area contributed by atoms with Crippen molar-refractivity contribution in [3.05, 3.63) is 52.5 Å². The molecule has 2 heterocycles. The molecule has 0 saturated carbocycles. The maximum Gasteiger partial charge on any atom is 0.247 e. The van der Waals surface area contributed by atoms with E-state index in [1.54, 1.807) is 17.0 Å². The molecule has 0 N–H and O–H groups in total. The highest BCUT2D eigenvalue weighted by Gasteiger charge is 2.42. The molecule has 3 aromatic rings. The summed E-state index contributed by atoms with van der Waals surface area (Å²) in [6, 6.07) is 9.44. The van der Waals surface area contributed by atoms with Gasteiger partial charge in [0, 0.05) is 18.1 Å². The Bertz CT molecular complexity index is 1320. The fourth-order valence-electron chi connectivity index (χ4n) is 4.37. The smallest absolute Gasteiger partial charge is 0.247 e. The van der Waals surface area contributed by atoms with Gasteiger partial charge in [-0.2, -0.15) is 4.31 Å². The van der Waals surface area contributed by atoms with Gasteiger partial charge in [0.25, 0.3) is 0 Å². The minimum Gasteiger partial charge on any atom is -0.309 e. The first kappa shape index (κ1) is 26.0. The Balaban J connectivity index is 1.68. The molecule has 1 fully saturated rings. The van der Waals surface area contributed by atoms with Gasteiger partial charge in [0.15, 0.2) is 5.13 Å². The molecule has 0 aliphatic carbocycles. The van der Waals surface area contributed by atoms with E-state index in [-0.39, 0.29) is 10.8 Å². The van der Waals surface area contributed by atoms with Crippen LogP contribution in [0.2, 0.25) is 5.02 Å². The van der Waals surface area contributed by atoms with Gasteiger partial charge in [-0.15, -0.1) is 0 Å². The van der Waals surface area contributed by atoms with Crippen LogP contribution in [0.25, 0.3) is 10.2 Å². The van der Waals surface area contributed by atoms with E-state index in [4.69, 9.17) is 16.6 Å². The zero-order valence-corrected chi connectivity index (χ0v) is 22.9. The van der Waals surface area contributed by atoms with Gasteiger partial charge in [0.05, 0.1) is 15.1 Å². The largest absolute Gasteiger partial charge is 0.309 e. The number of rotatable bonds is 8. The van der Waals surface area contributed by atoms with E-state index in [1.807, 2.05) is 34.0 Å². The predicted molar refractivity (Wildman–Crippen MR) is 143 cm³/mol. The molecule has 188 valence electrons. The number of thiazole rings is 1. The van der Waals surface area contributed by atoms with Gasteiger partial charge in [-0.1, -0.05) is 29.0 Å². The molecule has 1 saturated heterocycles. The molecule has 4 rings (SSSR count). The van der Waals surface area contributed by atoms with Gasteiger partial charge in [-0.25, -0.2) is 13.4 Å². The average molecular weight is 535 g/mol. The molecule has 10 heteroatoms. The molecule has 35 heavy (non-hydrogen) atoms. The highest BCUT2D eigenvalue weighted by Crippen LogP contribution is 2.34. The number of carbonyl (C=O) groups is 1. The number of amides is 1. The van der Waals surface area contributed by atoms with Gasteiger partial charge in [0.2, 0.25) is 15.9 Å². The monoisotopic (exact) mass is 534 g/mol. The van der Waals surface area contributed by atoms with Crippen LogP contribution < -0.4 is 4.90 Å². The first-order valence-corrected chi connectivity index (χ1v) is 14.3. The van der Waals surface area contributed by atoms with Crippen LogP contribution in [0.1, 0.15) is 30.4 Å². The van der Waals surface area contributed by atoms with Crippen LogP contribution in [0.3, 0.4) is 0 Å². The Hall–Kier alpha value is -2.04. The summed E-state index contributed by atoms with van der Waals surface area (Å²) in [5, 5.41) is 1.08. The number of fused-ring (bicyclic) bond motifs is 1. The molecule has 0 spiro atoms. The van der Waals surface area contributed by atoms with Crippen LogP contribution in [0.15, 0.2) is 41.3 Å². The molecule has 1 aliphatic heterocycles. The molecule has 2 aromatic carbocycles. The zero-order chi connectivity index (χ0) is 25.3. The number of hydrogen-bond donors (Lipinski definition) is 0. The summed E-state index contributed by atoms with van der Waals surface area (Å²) in [6.45, 7) is 5.68. The maximum absolute atomic E-state index is 13.9. The van der Waals surface area contributed by atoms with Crippen molar-refractivity contribution in [3.63, 3.8) is 0 Å². The highest BCUT2D eigenvalue weighted by molar-refractivity contribution is 7.89. The summed E-state index contributed by atoms with van der Waals surface area (Å²) in [5.41, 5.74) is 3.14. The molecule has 1 aromatic heterocycles. The van der Waals surface area contributed by atoms with E-state index in [1.165, 1.54) is 27.8 Å². The molecule has 0 bridgehead atoms. The number of sulfonamides is 1. The molecule has 1 unspecified atom stereocenters. The van der Waals surface area contributed by atoms with Crippen molar-refractivity contribution in [2.24, 2.45) is 0 Å². The second-order valence-corrected chi connectivity index (χ2v) is 12.6. The van der Waals surface area contributed by atoms with E-state index in [0.29, 0.717) is 36.1 Å². The van der Waals surface area contributed by atoms with Gasteiger partial charge < -0.3 is 4.90 Å². The first-order valence-electron chi connectivity index (χ1n) is 11.7. The number of aryl methyl sites for hydroxylation is 2. The van der Waals surface area contributed by atoms with E-state index in [0.717, 1.165) is 34.3 Å². The van der Waals surface area contributed by atoms with Crippen LogP contribution in [0, 0.1) is 13.8 Å². The molecule has 1 aliphatic rings. The number of benzene rings is 2. The van der Waals surface area contributed by atoms with Gasteiger partial charge in [-0.3, -0.25) is 9.69 Å². The van der Waals surface area contributed by atoms with Crippen molar-refractivity contribution < 1.29 is 13.2 Å². The van der Waals surface area contributed by atoms with Crippen LogP contribution in [0.4, 0.5) is 5.13 Å². The van der Waals surface area contributed by atoms with Gasteiger partial charge in [-0.05, 0) is 95.2 Å². The number of nitrogens with zero attached hydrogens (tertiary/aromatic N) is 4. The lowest BCUT2D eigenvalue weighted by atomic mass is 10.1. The van der Waals surface area contributed by atoms with Crippen molar-refractivity contribution in [1.82, 2.24) is 14.2 Å². The van der Waals surface area contributed by atoms with Crippen LogP contribution >= 0.6 is 22.9 Å². The van der Waals surface area contributed by atoms with Crippen molar-refractivity contribution in [3.8, 4) is 0 Å². The number of anilines is 1. The lowest BCUT2D eigenvalue weighted by Gasteiger charge is -2.29. The van der Waals surface area contributed by atoms with Crippen LogP contribution in [-0.2, 0) is 14.8 Å². The Morgan fingerprint density at radius 3 is 2.54 bits per heavy atom. The number of hydrogen-bond acceptors (Lipinski definition) is 6. The van der Waals surface area contributed by atoms with Crippen molar-refractivity contribution >= 4 is 54.2 Å². The van der Waals surface area contributed by atoms with E-state index >= 15 is 0 Å². The lowest BCUT2D eigenvalue weighted by molar-refractivity contribution is -0.121. The van der Waals surface area contributed by atoms with E-state index < -0.39 is 16.1 Å². The summed E-state index contributed by atoms with van der Waals surface area (Å²) in [5.74, 6) is -0.216. The minimum absolute atomic E-state index is 0.145. The Morgan fingerprint density at radius 1 is 1.14 bits per heavy atom. The second-order valence-electron chi connectivity index (χ2n) is 9.23. The number of halogens is 1. The molecule has 7 nitrogen and oxygen atoms in total. The van der Waals surface area contributed by atoms with Crippen LogP contribution in [-0.4, -0.2) is 68.3 Å². The predicted octanol–water partition coefficient (Wildman–Crippen LogP) is 4.70. The normalized spacial score (nSPS) is 16.9. The molecular formula is C25H31ClN4O3S2. The molecule has 0 radical (unpaired) electrons.